The van der Waals surface area contributed by atoms with Crippen LogP contribution in [0.3, 0.4) is 0 Å². The van der Waals surface area contributed by atoms with E-state index in [1.807, 2.05) is 0 Å². The summed E-state index contributed by atoms with van der Waals surface area (Å²) in [6, 6.07) is 0. The Bertz CT molecular complexity index is 750. The summed E-state index contributed by atoms with van der Waals surface area (Å²) < 4.78 is 6.33. The molecule has 0 aromatic carbocycles. The predicted molar refractivity (Wildman–Crippen MR) is 85.4 cm³/mol. The first-order valence-electron chi connectivity index (χ1n) is 7.46. The third-order valence-corrected chi connectivity index (χ3v) is 5.05. The highest BCUT2D eigenvalue weighted by Crippen LogP contribution is 2.34. The number of rotatable bonds is 6. The first kappa shape index (κ1) is 15.2. The molecule has 22 heavy (non-hydrogen) atoms. The van der Waals surface area contributed by atoms with E-state index < -0.39 is 0 Å². The van der Waals surface area contributed by atoms with Gasteiger partial charge in [0.05, 0.1) is 11.7 Å². The number of fused-ring (bicyclic) bond motifs is 3. The van der Waals surface area contributed by atoms with Crippen LogP contribution in [0.15, 0.2) is 11.1 Å². The quantitative estimate of drug-likeness (QED) is 0.809. The average molecular weight is 321 g/mol. The molecule has 0 saturated carbocycles. The normalized spacial score (nSPS) is 13.5. The number of carbonyl (C=O) groups is 1. The summed E-state index contributed by atoms with van der Waals surface area (Å²) >= 11 is 1.61. The van der Waals surface area contributed by atoms with Crippen LogP contribution < -0.4 is 10.9 Å². The average Bonchev–Trinajstić information content (AvgIpc) is 3.07. The molecule has 3 rings (SSSR count). The number of nitrogens with zero attached hydrogens (tertiary/aromatic N) is 2. The number of hydrogen-bond donors (Lipinski definition) is 1. The molecular formula is C15H19N3O3S. The van der Waals surface area contributed by atoms with Gasteiger partial charge in [0.2, 0.25) is 5.91 Å². The molecule has 6 nitrogen and oxygen atoms in total. The second kappa shape index (κ2) is 6.58. The number of methoxy groups -OCH3 is 1. The molecule has 2 aromatic rings. The zero-order valence-electron chi connectivity index (χ0n) is 12.6. The SMILES string of the molecule is COCCCNC(=O)Cn1cnc2sc3c(c2c1=O)CCC3. The molecule has 118 valence electrons. The molecule has 0 atom stereocenters. The van der Waals surface area contributed by atoms with E-state index in [1.54, 1.807) is 18.4 Å². The molecule has 0 unspecified atom stereocenters. The van der Waals surface area contributed by atoms with Crippen molar-refractivity contribution in [2.24, 2.45) is 0 Å². The zero-order chi connectivity index (χ0) is 15.5. The second-order valence-corrected chi connectivity index (χ2v) is 6.50. The summed E-state index contributed by atoms with van der Waals surface area (Å²) in [6.07, 6.45) is 5.32. The minimum atomic E-state index is -0.175. The number of nitrogens with one attached hydrogen (secondary N) is 1. The molecule has 0 spiro atoms. The fraction of sp³-hybridized carbons (Fsp3) is 0.533. The molecular weight excluding hydrogens is 302 g/mol. The molecule has 0 bridgehead atoms. The van der Waals surface area contributed by atoms with Crippen LogP contribution in [-0.2, 0) is 28.9 Å². The smallest absolute Gasteiger partial charge is 0.262 e. The summed E-state index contributed by atoms with van der Waals surface area (Å²) in [4.78, 5) is 30.9. The highest BCUT2D eigenvalue weighted by Gasteiger charge is 2.21. The van der Waals surface area contributed by atoms with Crippen LogP contribution in [0.5, 0.6) is 0 Å². The van der Waals surface area contributed by atoms with Crippen molar-refractivity contribution in [3.8, 4) is 0 Å². The second-order valence-electron chi connectivity index (χ2n) is 5.41. The van der Waals surface area contributed by atoms with Crippen LogP contribution in [0.1, 0.15) is 23.3 Å². The highest BCUT2D eigenvalue weighted by molar-refractivity contribution is 7.18. The number of carbonyl (C=O) groups excluding carboxylic acids is 1. The van der Waals surface area contributed by atoms with Crippen molar-refractivity contribution >= 4 is 27.5 Å². The lowest BCUT2D eigenvalue weighted by atomic mass is 10.2. The lowest BCUT2D eigenvalue weighted by Crippen LogP contribution is -2.33. The highest BCUT2D eigenvalue weighted by atomic mass is 32.1. The first-order valence-corrected chi connectivity index (χ1v) is 8.27. The van der Waals surface area contributed by atoms with E-state index in [4.69, 9.17) is 4.74 Å². The number of ether oxygens (including phenoxy) is 1. The molecule has 7 heteroatoms. The van der Waals surface area contributed by atoms with Gasteiger partial charge in [-0.2, -0.15) is 0 Å². The van der Waals surface area contributed by atoms with Gasteiger partial charge >= 0.3 is 0 Å². The van der Waals surface area contributed by atoms with E-state index in [9.17, 15) is 9.59 Å². The van der Waals surface area contributed by atoms with Crippen LogP contribution in [0, 0.1) is 0 Å². The Kier molecular flexibility index (Phi) is 4.54. The molecule has 2 aromatic heterocycles. The molecule has 1 aliphatic rings. The lowest BCUT2D eigenvalue weighted by Gasteiger charge is -2.07. The van der Waals surface area contributed by atoms with Crippen molar-refractivity contribution in [1.82, 2.24) is 14.9 Å². The number of hydrogen-bond acceptors (Lipinski definition) is 5. The van der Waals surface area contributed by atoms with E-state index in [0.29, 0.717) is 18.5 Å². The maximum Gasteiger partial charge on any atom is 0.262 e. The number of aromatic nitrogens is 2. The molecule has 1 aliphatic carbocycles. The molecule has 0 radical (unpaired) electrons. The fourth-order valence-corrected chi connectivity index (χ4v) is 4.01. The van der Waals surface area contributed by atoms with E-state index in [1.165, 1.54) is 15.8 Å². The molecule has 0 saturated heterocycles. The van der Waals surface area contributed by atoms with Gasteiger partial charge < -0.3 is 10.1 Å². The summed E-state index contributed by atoms with van der Waals surface area (Å²) in [5.74, 6) is -0.175. The summed E-state index contributed by atoms with van der Waals surface area (Å²) in [6.45, 7) is 1.17. The van der Waals surface area contributed by atoms with E-state index >= 15 is 0 Å². The summed E-state index contributed by atoms with van der Waals surface area (Å²) in [5, 5.41) is 3.50. The van der Waals surface area contributed by atoms with Gasteiger partial charge in [-0.25, -0.2) is 4.98 Å². The van der Waals surface area contributed by atoms with Gasteiger partial charge in [-0.3, -0.25) is 14.2 Å². The van der Waals surface area contributed by atoms with E-state index in [-0.39, 0.29) is 18.0 Å². The lowest BCUT2D eigenvalue weighted by molar-refractivity contribution is -0.121. The standard InChI is InChI=1S/C15H19N3O3S/c1-21-7-3-6-16-12(19)8-18-9-17-14-13(15(18)20)10-4-2-5-11(10)22-14/h9H,2-8H2,1H3,(H,16,19). The third-order valence-electron chi connectivity index (χ3n) is 3.85. The van der Waals surface area contributed by atoms with Gasteiger partial charge in [0.25, 0.3) is 5.56 Å². The minimum Gasteiger partial charge on any atom is -0.385 e. The largest absolute Gasteiger partial charge is 0.385 e. The van der Waals surface area contributed by atoms with Crippen LogP contribution in [0.4, 0.5) is 0 Å². The maximum atomic E-state index is 12.6. The Morgan fingerprint density at radius 1 is 1.50 bits per heavy atom. The van der Waals surface area contributed by atoms with E-state index in [2.05, 4.69) is 10.3 Å². The van der Waals surface area contributed by atoms with E-state index in [0.717, 1.165) is 36.1 Å². The molecule has 0 aliphatic heterocycles. The van der Waals surface area contributed by atoms with Crippen molar-refractivity contribution in [3.63, 3.8) is 0 Å². The fourth-order valence-electron chi connectivity index (χ4n) is 2.79. The number of amides is 1. The molecule has 1 amide bonds. The van der Waals surface area contributed by atoms with Crippen LogP contribution in [0.25, 0.3) is 10.2 Å². The Labute approximate surface area is 132 Å². The van der Waals surface area contributed by atoms with Crippen molar-refractivity contribution in [3.05, 3.63) is 27.1 Å². The third kappa shape index (κ3) is 2.91. The number of aryl methyl sites for hydroxylation is 2. The maximum absolute atomic E-state index is 12.6. The summed E-state index contributed by atoms with van der Waals surface area (Å²) in [5.41, 5.74) is 1.05. The molecule has 0 fully saturated rings. The minimum absolute atomic E-state index is 0.0133. The van der Waals surface area contributed by atoms with Crippen molar-refractivity contribution in [2.75, 3.05) is 20.3 Å². The van der Waals surface area contributed by atoms with Crippen LogP contribution >= 0.6 is 11.3 Å². The van der Waals surface area contributed by atoms with Crippen molar-refractivity contribution in [1.29, 1.82) is 0 Å². The molecule has 1 N–H and O–H groups in total. The number of thiophene rings is 1. The van der Waals surface area contributed by atoms with Crippen LogP contribution in [-0.4, -0.2) is 35.7 Å². The Hall–Kier alpha value is -1.73. The Morgan fingerprint density at radius 2 is 2.36 bits per heavy atom. The van der Waals surface area contributed by atoms with Gasteiger partial charge in [-0.1, -0.05) is 0 Å². The topological polar surface area (TPSA) is 73.2 Å². The molecule has 2 heterocycles. The monoisotopic (exact) mass is 321 g/mol. The van der Waals surface area contributed by atoms with Gasteiger partial charge in [-0.05, 0) is 31.2 Å². The van der Waals surface area contributed by atoms with Crippen LogP contribution in [0.2, 0.25) is 0 Å². The van der Waals surface area contributed by atoms with Gasteiger partial charge in [0.15, 0.2) is 0 Å². The Balaban J connectivity index is 1.76. The first-order chi connectivity index (χ1) is 10.7. The summed E-state index contributed by atoms with van der Waals surface area (Å²) in [7, 11) is 1.63. The van der Waals surface area contributed by atoms with Gasteiger partial charge in [-0.15, -0.1) is 11.3 Å². The zero-order valence-corrected chi connectivity index (χ0v) is 13.4. The van der Waals surface area contributed by atoms with Crippen molar-refractivity contribution < 1.29 is 9.53 Å². The predicted octanol–water partition coefficient (Wildman–Crippen LogP) is 1.10. The Morgan fingerprint density at radius 3 is 3.18 bits per heavy atom. The van der Waals surface area contributed by atoms with Crippen molar-refractivity contribution in [2.45, 2.75) is 32.2 Å². The van der Waals surface area contributed by atoms with Gasteiger partial charge in [0, 0.05) is 25.1 Å². The van der Waals surface area contributed by atoms with Gasteiger partial charge in [0.1, 0.15) is 11.4 Å².